The number of rotatable bonds is 7. The molecule has 0 aromatic rings. The van der Waals surface area contributed by atoms with Crippen LogP contribution in [0.15, 0.2) is 12.1 Å². The van der Waals surface area contributed by atoms with Crippen molar-refractivity contribution in [3.8, 4) is 0 Å². The fourth-order valence-corrected chi connectivity index (χ4v) is 1.27. The first-order valence-corrected chi connectivity index (χ1v) is 5.41. The topological polar surface area (TPSA) is 3.24 Å². The van der Waals surface area contributed by atoms with E-state index in [9.17, 15) is 12.9 Å². The fraction of sp³-hybridized carbons (Fsp3) is 0.800. The molecule has 0 aromatic carbocycles. The number of hydrogen-bond acceptors (Lipinski definition) is 1. The number of hydrogen-bond donors (Lipinski definition) is 0. The van der Waals surface area contributed by atoms with Crippen LogP contribution in [0.2, 0.25) is 0 Å². The Hall–Kier alpha value is 1.19. The molecule has 0 heterocycles. The second-order valence-corrected chi connectivity index (χ2v) is 4.07. The third-order valence-electron chi connectivity index (χ3n) is 2.60. The maximum atomic E-state index is 12.3. The summed E-state index contributed by atoms with van der Waals surface area (Å²) in [6.07, 6.45) is 0.986. The van der Waals surface area contributed by atoms with Gasteiger partial charge in [0.25, 0.3) is 0 Å². The van der Waals surface area contributed by atoms with Gasteiger partial charge in [-0.1, -0.05) is 27.2 Å². The molecule has 1 atom stereocenters. The van der Waals surface area contributed by atoms with E-state index < -0.39 is 12.4 Å². The standard InChI is InChI=1S/C10H20BF3N.K/c1-5-9(3)7-15(6-2)8-10(4)11(12,13)14;/h9H,4-8H2,1-3H3;/q-1;+1. The van der Waals surface area contributed by atoms with Gasteiger partial charge >= 0.3 is 58.4 Å². The van der Waals surface area contributed by atoms with Crippen molar-refractivity contribution in [3.05, 3.63) is 12.1 Å². The van der Waals surface area contributed by atoms with Gasteiger partial charge in [0.05, 0.1) is 0 Å². The van der Waals surface area contributed by atoms with Crippen molar-refractivity contribution in [2.24, 2.45) is 5.92 Å². The zero-order valence-electron chi connectivity index (χ0n) is 10.8. The number of halogens is 3. The monoisotopic (exact) mass is 261 g/mol. The molecule has 0 aromatic heterocycles. The van der Waals surface area contributed by atoms with Crippen LogP contribution < -0.4 is 51.4 Å². The van der Waals surface area contributed by atoms with Crippen LogP contribution in [0.5, 0.6) is 0 Å². The van der Waals surface area contributed by atoms with E-state index in [1.54, 1.807) is 4.90 Å². The van der Waals surface area contributed by atoms with E-state index in [-0.39, 0.29) is 57.9 Å². The molecule has 0 radical (unpaired) electrons. The SMILES string of the molecule is C=C(CN(CC)CC(C)CC)[B-](F)(F)F.[K+]. The quantitative estimate of drug-likeness (QED) is 0.596. The third kappa shape index (κ3) is 8.31. The Kier molecular flexibility index (Phi) is 11.2. The van der Waals surface area contributed by atoms with Gasteiger partial charge in [0.1, 0.15) is 0 Å². The minimum atomic E-state index is -4.88. The molecule has 0 saturated carbocycles. The summed E-state index contributed by atoms with van der Waals surface area (Å²) in [4.78, 5) is 1.80. The Morgan fingerprint density at radius 2 is 1.81 bits per heavy atom. The van der Waals surface area contributed by atoms with Crippen molar-refractivity contribution in [2.75, 3.05) is 19.6 Å². The van der Waals surface area contributed by atoms with Gasteiger partial charge in [0.2, 0.25) is 0 Å². The molecule has 0 aliphatic rings. The summed E-state index contributed by atoms with van der Waals surface area (Å²) < 4.78 is 36.9. The van der Waals surface area contributed by atoms with E-state index in [2.05, 4.69) is 6.58 Å². The minimum absolute atomic E-state index is 0. The van der Waals surface area contributed by atoms with E-state index in [1.165, 1.54) is 0 Å². The van der Waals surface area contributed by atoms with Gasteiger partial charge in [-0.15, -0.1) is 12.1 Å². The van der Waals surface area contributed by atoms with Crippen LogP contribution in [0.1, 0.15) is 27.2 Å². The molecular formula is C10H20BF3KN. The molecule has 6 heteroatoms. The predicted molar refractivity (Wildman–Crippen MR) is 59.8 cm³/mol. The molecule has 0 fully saturated rings. The van der Waals surface area contributed by atoms with Crippen LogP contribution in [-0.4, -0.2) is 31.5 Å². The molecule has 16 heavy (non-hydrogen) atoms. The molecule has 0 amide bonds. The first kappa shape index (κ1) is 19.5. The van der Waals surface area contributed by atoms with Crippen LogP contribution in [0.25, 0.3) is 0 Å². The van der Waals surface area contributed by atoms with Crippen molar-refractivity contribution >= 4 is 6.98 Å². The molecule has 90 valence electrons. The van der Waals surface area contributed by atoms with Gasteiger partial charge in [-0.2, -0.15) is 0 Å². The summed E-state index contributed by atoms with van der Waals surface area (Å²) in [5, 5.41) is 0. The molecule has 1 nitrogen and oxygen atoms in total. The average Bonchev–Trinajstić information content (AvgIpc) is 2.14. The molecule has 1 unspecified atom stereocenters. The molecule has 0 bridgehead atoms. The van der Waals surface area contributed by atoms with Crippen molar-refractivity contribution in [2.45, 2.75) is 27.2 Å². The largest absolute Gasteiger partial charge is 1.00 e. The van der Waals surface area contributed by atoms with Crippen LogP contribution in [-0.2, 0) is 0 Å². The van der Waals surface area contributed by atoms with E-state index in [0.717, 1.165) is 6.42 Å². The Bertz CT molecular complexity index is 209. The van der Waals surface area contributed by atoms with Crippen molar-refractivity contribution < 1.29 is 64.3 Å². The smallest absolute Gasteiger partial charge is 0.445 e. The number of nitrogens with zero attached hydrogens (tertiary/aromatic N) is 1. The molecule has 0 aliphatic carbocycles. The average molecular weight is 261 g/mol. The van der Waals surface area contributed by atoms with Crippen LogP contribution in [0, 0.1) is 5.92 Å². The maximum absolute atomic E-state index is 12.3. The molecule has 0 spiro atoms. The number of likely N-dealkylation sites (N-methyl/N-ethyl adjacent to an activating group) is 1. The van der Waals surface area contributed by atoms with Crippen LogP contribution in [0.4, 0.5) is 12.9 Å². The van der Waals surface area contributed by atoms with Crippen LogP contribution >= 0.6 is 0 Å². The predicted octanol–water partition coefficient (Wildman–Crippen LogP) is 0.301. The summed E-state index contributed by atoms with van der Waals surface area (Å²) >= 11 is 0. The van der Waals surface area contributed by atoms with Gasteiger partial charge < -0.3 is 17.8 Å². The maximum Gasteiger partial charge on any atom is 1.00 e. The van der Waals surface area contributed by atoms with Gasteiger partial charge in [-0.05, 0) is 19.0 Å². The van der Waals surface area contributed by atoms with Gasteiger partial charge in [-0.25, -0.2) is 0 Å². The summed E-state index contributed by atoms with van der Waals surface area (Å²) in [5.41, 5.74) is -0.597. The summed E-state index contributed by atoms with van der Waals surface area (Å²) in [5.74, 6) is 0.429. The summed E-state index contributed by atoms with van der Waals surface area (Å²) in [6, 6.07) is 0. The van der Waals surface area contributed by atoms with E-state index in [1.807, 2.05) is 20.8 Å². The Morgan fingerprint density at radius 3 is 2.12 bits per heavy atom. The zero-order chi connectivity index (χ0) is 12.1. The van der Waals surface area contributed by atoms with Gasteiger partial charge in [0, 0.05) is 6.54 Å². The molecule has 0 saturated heterocycles. The molecule has 0 N–H and O–H groups in total. The first-order valence-electron chi connectivity index (χ1n) is 5.41. The van der Waals surface area contributed by atoms with Crippen LogP contribution in [0.3, 0.4) is 0 Å². The first-order chi connectivity index (χ1) is 6.81. The molecule has 0 rings (SSSR count). The van der Waals surface area contributed by atoms with E-state index in [0.29, 0.717) is 19.0 Å². The second-order valence-electron chi connectivity index (χ2n) is 4.07. The van der Waals surface area contributed by atoms with Crippen molar-refractivity contribution in [1.82, 2.24) is 4.90 Å². The van der Waals surface area contributed by atoms with Crippen molar-refractivity contribution in [3.63, 3.8) is 0 Å². The minimum Gasteiger partial charge on any atom is -0.445 e. The third-order valence-corrected chi connectivity index (χ3v) is 2.60. The van der Waals surface area contributed by atoms with Crippen molar-refractivity contribution in [1.29, 1.82) is 0 Å². The Balaban J connectivity index is 0. The molecular weight excluding hydrogens is 241 g/mol. The summed E-state index contributed by atoms with van der Waals surface area (Å²) in [6.45, 7) is 5.48. The Labute approximate surface area is 139 Å². The van der Waals surface area contributed by atoms with Gasteiger partial charge in [0.15, 0.2) is 0 Å². The normalized spacial score (nSPS) is 13.4. The van der Waals surface area contributed by atoms with Gasteiger partial charge in [-0.3, -0.25) is 0 Å². The van der Waals surface area contributed by atoms with E-state index >= 15 is 0 Å². The zero-order valence-corrected chi connectivity index (χ0v) is 13.9. The van der Waals surface area contributed by atoms with E-state index in [4.69, 9.17) is 0 Å². The Morgan fingerprint density at radius 1 is 1.31 bits per heavy atom. The molecule has 0 aliphatic heterocycles. The fourth-order valence-electron chi connectivity index (χ4n) is 1.27. The second kappa shape index (κ2) is 9.17. The summed E-state index contributed by atoms with van der Waals surface area (Å²) in [7, 11) is 0.